The van der Waals surface area contributed by atoms with Gasteiger partial charge in [-0.15, -0.1) is 0 Å². The molecule has 1 aliphatic rings. The first-order valence-electron chi connectivity index (χ1n) is 11.2. The van der Waals surface area contributed by atoms with Crippen molar-refractivity contribution in [2.24, 2.45) is 5.73 Å². The fraction of sp³-hybridized carbons (Fsp3) is 0.308. The van der Waals surface area contributed by atoms with E-state index in [-0.39, 0.29) is 36.8 Å². The van der Waals surface area contributed by atoms with Crippen LogP contribution in [0.2, 0.25) is 0 Å². The highest BCUT2D eigenvalue weighted by atomic mass is 16.6. The molecule has 0 saturated heterocycles. The van der Waals surface area contributed by atoms with Crippen LogP contribution in [0.3, 0.4) is 0 Å². The van der Waals surface area contributed by atoms with Crippen molar-refractivity contribution in [3.8, 4) is 11.5 Å². The summed E-state index contributed by atoms with van der Waals surface area (Å²) >= 11 is 0. The van der Waals surface area contributed by atoms with Gasteiger partial charge in [0.2, 0.25) is 5.91 Å². The maximum atomic E-state index is 12.5. The number of rotatable bonds is 9. The first-order valence-corrected chi connectivity index (χ1v) is 11.2. The van der Waals surface area contributed by atoms with E-state index >= 15 is 0 Å². The molecule has 9 heteroatoms. The predicted molar refractivity (Wildman–Crippen MR) is 128 cm³/mol. The molecule has 4 N–H and O–H groups in total. The van der Waals surface area contributed by atoms with Gasteiger partial charge in [-0.2, -0.15) is 0 Å². The van der Waals surface area contributed by atoms with Crippen LogP contribution in [0.5, 0.6) is 11.5 Å². The van der Waals surface area contributed by atoms with E-state index in [4.69, 9.17) is 20.3 Å². The van der Waals surface area contributed by atoms with Gasteiger partial charge in [-0.05, 0) is 35.6 Å². The Morgan fingerprint density at radius 3 is 2.37 bits per heavy atom. The van der Waals surface area contributed by atoms with Crippen LogP contribution in [0.25, 0.3) is 5.57 Å². The first kappa shape index (κ1) is 25.6. The van der Waals surface area contributed by atoms with Gasteiger partial charge in [0.15, 0.2) is 11.5 Å². The number of ether oxygens (including phenoxy) is 2. The summed E-state index contributed by atoms with van der Waals surface area (Å²) in [5.41, 5.74) is 9.04. The molecule has 0 bridgehead atoms. The largest absolute Gasteiger partial charge is 0.481 e. The molecule has 0 spiro atoms. The molecule has 0 aromatic heterocycles. The lowest BCUT2D eigenvalue weighted by molar-refractivity contribution is -0.137. The van der Waals surface area contributed by atoms with Crippen molar-refractivity contribution in [3.63, 3.8) is 0 Å². The topological polar surface area (TPSA) is 145 Å². The van der Waals surface area contributed by atoms with Gasteiger partial charge >= 0.3 is 17.9 Å². The Balaban J connectivity index is 1.98. The van der Waals surface area contributed by atoms with Gasteiger partial charge in [0, 0.05) is 38.3 Å². The number of fused-ring (bicyclic) bond motifs is 1. The minimum absolute atomic E-state index is 0.0196. The molecule has 0 radical (unpaired) electrons. The number of nitrogens with one attached hydrogen (secondary N) is 1. The number of carbonyl (C=O) groups excluding carboxylic acids is 3. The van der Waals surface area contributed by atoms with E-state index < -0.39 is 29.9 Å². The Labute approximate surface area is 202 Å². The number of hydrogen-bond acceptors (Lipinski definition) is 7. The van der Waals surface area contributed by atoms with Crippen LogP contribution >= 0.6 is 0 Å². The highest BCUT2D eigenvalue weighted by molar-refractivity contribution is 5.86. The molecular weight excluding hydrogens is 452 g/mol. The van der Waals surface area contributed by atoms with Crippen molar-refractivity contribution in [2.75, 3.05) is 6.54 Å². The molecule has 1 amide bonds. The first-order chi connectivity index (χ1) is 16.7. The van der Waals surface area contributed by atoms with Crippen LogP contribution in [0.1, 0.15) is 49.3 Å². The highest BCUT2D eigenvalue weighted by Gasteiger charge is 2.28. The number of carbonyl (C=O) groups is 4. The highest BCUT2D eigenvalue weighted by Crippen LogP contribution is 2.43. The number of carboxylic acids is 1. The van der Waals surface area contributed by atoms with Crippen molar-refractivity contribution in [2.45, 2.75) is 45.1 Å². The fourth-order valence-electron chi connectivity index (χ4n) is 4.00. The molecule has 35 heavy (non-hydrogen) atoms. The molecule has 2 atom stereocenters. The van der Waals surface area contributed by atoms with Crippen molar-refractivity contribution in [1.82, 2.24) is 5.32 Å². The monoisotopic (exact) mass is 480 g/mol. The Hall–Kier alpha value is -3.98. The van der Waals surface area contributed by atoms with E-state index in [9.17, 15) is 19.2 Å². The van der Waals surface area contributed by atoms with Gasteiger partial charge < -0.3 is 25.6 Å². The number of amides is 1. The van der Waals surface area contributed by atoms with Crippen LogP contribution in [0, 0.1) is 0 Å². The van der Waals surface area contributed by atoms with E-state index in [1.807, 2.05) is 36.4 Å². The minimum Gasteiger partial charge on any atom is -0.481 e. The number of allylic oxidation sites excluding steroid dienone is 1. The van der Waals surface area contributed by atoms with E-state index in [1.54, 1.807) is 12.1 Å². The lowest BCUT2D eigenvalue weighted by atomic mass is 9.80. The summed E-state index contributed by atoms with van der Waals surface area (Å²) in [4.78, 5) is 46.8. The molecule has 184 valence electrons. The summed E-state index contributed by atoms with van der Waals surface area (Å²) in [7, 11) is 0. The Kier molecular flexibility index (Phi) is 8.38. The molecule has 0 heterocycles. The molecule has 2 aromatic carbocycles. The Morgan fingerprint density at radius 2 is 1.74 bits per heavy atom. The number of carboxylic acid groups (broad SMARTS) is 1. The third kappa shape index (κ3) is 6.77. The molecule has 2 aromatic rings. The predicted octanol–water partition coefficient (Wildman–Crippen LogP) is 2.57. The third-order valence-corrected chi connectivity index (χ3v) is 5.58. The smallest absolute Gasteiger partial charge is 0.308 e. The molecular formula is C26H28N2O7. The van der Waals surface area contributed by atoms with Gasteiger partial charge in [0.05, 0.1) is 6.04 Å². The van der Waals surface area contributed by atoms with E-state index in [0.717, 1.165) is 16.7 Å². The third-order valence-electron chi connectivity index (χ3n) is 5.58. The average Bonchev–Trinajstić information content (AvgIpc) is 2.82. The van der Waals surface area contributed by atoms with Gasteiger partial charge in [0.1, 0.15) is 0 Å². The SMILES string of the molecule is CC(=O)Oc1ccc2c(c1OC(C)=O)CC(c1ccccc1)C=C2CNC(=O)C(N)CCC(=O)O. The molecule has 0 aliphatic heterocycles. The zero-order valence-electron chi connectivity index (χ0n) is 19.6. The lowest BCUT2D eigenvalue weighted by Crippen LogP contribution is -2.41. The van der Waals surface area contributed by atoms with Gasteiger partial charge in [-0.1, -0.05) is 42.5 Å². The second-order valence-electron chi connectivity index (χ2n) is 8.28. The summed E-state index contributed by atoms with van der Waals surface area (Å²) in [6.07, 6.45) is 2.32. The van der Waals surface area contributed by atoms with Crippen molar-refractivity contribution >= 4 is 29.4 Å². The maximum absolute atomic E-state index is 12.5. The van der Waals surface area contributed by atoms with Gasteiger partial charge in [0.25, 0.3) is 0 Å². The summed E-state index contributed by atoms with van der Waals surface area (Å²) in [5, 5.41) is 11.6. The van der Waals surface area contributed by atoms with Crippen LogP contribution in [-0.2, 0) is 25.6 Å². The van der Waals surface area contributed by atoms with Crippen LogP contribution in [-0.4, -0.2) is 41.5 Å². The Morgan fingerprint density at radius 1 is 1.06 bits per heavy atom. The molecule has 9 nitrogen and oxygen atoms in total. The van der Waals surface area contributed by atoms with E-state index in [0.29, 0.717) is 12.0 Å². The number of nitrogens with two attached hydrogens (primary N) is 1. The number of esters is 2. The quantitative estimate of drug-likeness (QED) is 0.367. The molecule has 2 unspecified atom stereocenters. The van der Waals surface area contributed by atoms with E-state index in [1.165, 1.54) is 13.8 Å². The second kappa shape index (κ2) is 11.4. The average molecular weight is 481 g/mol. The lowest BCUT2D eigenvalue weighted by Gasteiger charge is -2.27. The number of aliphatic carboxylic acids is 1. The standard InChI is InChI=1S/C26H28N2O7/c1-15(29)34-23-10-8-20-19(14-28-26(33)22(27)9-11-24(31)32)12-18(17-6-4-3-5-7-17)13-21(20)25(23)35-16(2)30/h3-8,10,12,18,22H,9,11,13-14,27H2,1-2H3,(H,28,33)(H,31,32). The minimum atomic E-state index is -1.02. The summed E-state index contributed by atoms with van der Waals surface area (Å²) in [5.74, 6) is -2.39. The van der Waals surface area contributed by atoms with Crippen LogP contribution < -0.4 is 20.5 Å². The van der Waals surface area contributed by atoms with Gasteiger partial charge in [-0.25, -0.2) is 0 Å². The van der Waals surface area contributed by atoms with Crippen LogP contribution in [0.4, 0.5) is 0 Å². The fourth-order valence-corrected chi connectivity index (χ4v) is 4.00. The number of benzene rings is 2. The van der Waals surface area contributed by atoms with Crippen molar-refractivity contribution in [3.05, 3.63) is 65.2 Å². The second-order valence-corrected chi connectivity index (χ2v) is 8.28. The van der Waals surface area contributed by atoms with Crippen molar-refractivity contribution in [1.29, 1.82) is 0 Å². The zero-order valence-corrected chi connectivity index (χ0v) is 19.6. The molecule has 0 saturated carbocycles. The normalized spacial score (nSPS) is 15.3. The summed E-state index contributed by atoms with van der Waals surface area (Å²) in [6, 6.07) is 12.1. The summed E-state index contributed by atoms with van der Waals surface area (Å²) in [6.45, 7) is 2.66. The summed E-state index contributed by atoms with van der Waals surface area (Å²) < 4.78 is 10.8. The van der Waals surface area contributed by atoms with E-state index in [2.05, 4.69) is 5.32 Å². The van der Waals surface area contributed by atoms with Crippen LogP contribution in [0.15, 0.2) is 48.5 Å². The maximum Gasteiger partial charge on any atom is 0.308 e. The van der Waals surface area contributed by atoms with Gasteiger partial charge in [-0.3, -0.25) is 19.2 Å². The molecule has 0 fully saturated rings. The zero-order chi connectivity index (χ0) is 25.5. The Bertz CT molecular complexity index is 1160. The number of hydrogen-bond donors (Lipinski definition) is 3. The molecule has 3 rings (SSSR count). The molecule has 1 aliphatic carbocycles. The van der Waals surface area contributed by atoms with Crippen molar-refractivity contribution < 1.29 is 33.8 Å².